The maximum absolute atomic E-state index is 9.32. The summed E-state index contributed by atoms with van der Waals surface area (Å²) in [5, 5.41) is 0. The highest BCUT2D eigenvalue weighted by Crippen LogP contribution is 2.42. The Bertz CT molecular complexity index is 365. The second-order valence-corrected chi connectivity index (χ2v) is 9.07. The van der Waals surface area contributed by atoms with Gasteiger partial charge in [-0.25, -0.2) is 0 Å². The molecule has 0 saturated heterocycles. The summed E-state index contributed by atoms with van der Waals surface area (Å²) in [5.41, 5.74) is 0. The van der Waals surface area contributed by atoms with Crippen molar-refractivity contribution in [2.45, 2.75) is 79.1 Å². The molecule has 0 atom stereocenters. The number of nitrogens with zero attached hydrogens (tertiary/aromatic N) is 1. The van der Waals surface area contributed by atoms with Crippen molar-refractivity contribution in [2.75, 3.05) is 26.2 Å². The molecule has 0 spiro atoms. The van der Waals surface area contributed by atoms with Crippen molar-refractivity contribution in [2.24, 2.45) is 0 Å². The summed E-state index contributed by atoms with van der Waals surface area (Å²) < 4.78 is 22.6. The van der Waals surface area contributed by atoms with E-state index in [9.17, 15) is 28.7 Å². The zero-order valence-electron chi connectivity index (χ0n) is 16.7. The summed E-state index contributed by atoms with van der Waals surface area (Å²) in [5.74, 6) is 0. The first-order chi connectivity index (χ1) is 11.9. The van der Waals surface area contributed by atoms with Gasteiger partial charge in [-0.05, 0) is 25.7 Å². The van der Waals surface area contributed by atoms with Gasteiger partial charge < -0.3 is 37.5 Å². The summed E-state index contributed by atoms with van der Waals surface area (Å²) in [7, 11) is -11.4. The Morgan fingerprint density at radius 2 is 0.846 bits per heavy atom. The number of unbranched alkanes of at least 4 members (excludes halogenated alkanes) is 4. The third kappa shape index (κ3) is 19.0. The minimum atomic E-state index is -5.68. The summed E-state index contributed by atoms with van der Waals surface area (Å²) in [4.78, 5) is 37.3. The second-order valence-electron chi connectivity index (χ2n) is 6.63. The molecule has 160 valence electrons. The van der Waals surface area contributed by atoms with E-state index >= 15 is 0 Å². The molecule has 8 nitrogen and oxygen atoms in total. The molecule has 0 aliphatic heterocycles. The molecule has 0 aromatic heterocycles. The fourth-order valence-electron chi connectivity index (χ4n) is 2.77. The molecule has 0 aliphatic carbocycles. The summed E-state index contributed by atoms with van der Waals surface area (Å²) in [6.45, 7) is 15.0. The van der Waals surface area contributed by atoms with E-state index in [1.807, 2.05) is 0 Å². The molecule has 0 saturated carbocycles. The Kier molecular flexibility index (Phi) is 16.6. The van der Waals surface area contributed by atoms with Crippen LogP contribution in [0.2, 0.25) is 0 Å². The second kappa shape index (κ2) is 15.2. The van der Waals surface area contributed by atoms with Gasteiger partial charge in [-0.3, -0.25) is 0 Å². The van der Waals surface area contributed by atoms with Crippen molar-refractivity contribution in [1.82, 2.24) is 0 Å². The Morgan fingerprint density at radius 3 is 0.962 bits per heavy atom. The zero-order chi connectivity index (χ0) is 20.7. The maximum Gasteiger partial charge on any atom is 0.0786 e. The maximum atomic E-state index is 9.32. The van der Waals surface area contributed by atoms with Crippen molar-refractivity contribution >= 4 is 15.6 Å². The molecule has 0 fully saturated rings. The van der Waals surface area contributed by atoms with Crippen molar-refractivity contribution < 1.29 is 37.5 Å². The molecule has 0 bridgehead atoms. The van der Waals surface area contributed by atoms with E-state index in [1.54, 1.807) is 0 Å². The van der Waals surface area contributed by atoms with Gasteiger partial charge in [-0.2, -0.15) is 0 Å². The molecule has 26 heavy (non-hydrogen) atoms. The van der Waals surface area contributed by atoms with Crippen LogP contribution in [-0.2, 0) is 13.4 Å². The number of quaternary nitrogens is 1. The third-order valence-corrected chi connectivity index (χ3v) is 5.74. The fraction of sp³-hybridized carbons (Fsp3) is 1.00. The van der Waals surface area contributed by atoms with E-state index in [2.05, 4.69) is 32.0 Å². The quantitative estimate of drug-likeness (QED) is 0.310. The molecular formula is C16H36NO7P2-3. The van der Waals surface area contributed by atoms with Crippen molar-refractivity contribution in [3.05, 3.63) is 0 Å². The van der Waals surface area contributed by atoms with E-state index in [1.165, 1.54) is 82.0 Å². The molecule has 0 aromatic rings. The van der Waals surface area contributed by atoms with Gasteiger partial charge in [0, 0.05) is 0 Å². The number of rotatable bonds is 14. The lowest BCUT2D eigenvalue weighted by Crippen LogP contribution is -2.50. The largest absolute Gasteiger partial charge is 0.790 e. The number of phosphoric acid groups is 2. The van der Waals surface area contributed by atoms with Crippen LogP contribution in [0.25, 0.3) is 0 Å². The smallest absolute Gasteiger partial charge is 0.0786 e. The number of hydrogen-bond acceptors (Lipinski definition) is 7. The van der Waals surface area contributed by atoms with Crippen LogP contribution in [0.15, 0.2) is 0 Å². The van der Waals surface area contributed by atoms with Crippen LogP contribution in [0.1, 0.15) is 79.1 Å². The predicted molar refractivity (Wildman–Crippen MR) is 95.7 cm³/mol. The predicted octanol–water partition coefficient (Wildman–Crippen LogP) is 1.66. The monoisotopic (exact) mass is 416 g/mol. The van der Waals surface area contributed by atoms with E-state index in [0.717, 1.165) is 0 Å². The molecule has 0 aromatic carbocycles. The average molecular weight is 416 g/mol. The van der Waals surface area contributed by atoms with Gasteiger partial charge in [0.05, 0.1) is 41.8 Å². The first-order valence-corrected chi connectivity index (χ1v) is 12.5. The summed E-state index contributed by atoms with van der Waals surface area (Å²) in [6, 6.07) is 0. The van der Waals surface area contributed by atoms with Crippen molar-refractivity contribution in [1.29, 1.82) is 0 Å². The molecule has 0 aliphatic rings. The Hall–Kier alpha value is 0.220. The van der Waals surface area contributed by atoms with Gasteiger partial charge in [-0.1, -0.05) is 53.4 Å². The normalized spacial score (nSPS) is 12.6. The van der Waals surface area contributed by atoms with Crippen LogP contribution in [0.5, 0.6) is 0 Å². The molecular weight excluding hydrogens is 380 g/mol. The van der Waals surface area contributed by atoms with Crippen LogP contribution in [0.3, 0.4) is 0 Å². The van der Waals surface area contributed by atoms with Crippen LogP contribution in [0.4, 0.5) is 0 Å². The standard InChI is InChI=1S/C16H36N.H4O7P2/c1-5-9-13-17(14-10-6-2,15-11-7-3)16-12-8-4;1-8(2,3)7-9(4,5)6/h5-16H2,1-4H3;(H2,1,2,3)(H2,4,5,6)/q+1;/p-4. The Balaban J connectivity index is 0. The minimum absolute atomic E-state index is 1.35. The van der Waals surface area contributed by atoms with Crippen molar-refractivity contribution in [3.8, 4) is 0 Å². The number of hydrogen-bond donors (Lipinski definition) is 0. The van der Waals surface area contributed by atoms with E-state index in [0.29, 0.717) is 0 Å². The molecule has 0 rings (SSSR count). The zero-order valence-corrected chi connectivity index (χ0v) is 18.5. The molecule has 0 radical (unpaired) electrons. The van der Waals surface area contributed by atoms with Crippen LogP contribution in [0, 0.1) is 0 Å². The van der Waals surface area contributed by atoms with Crippen molar-refractivity contribution in [3.63, 3.8) is 0 Å². The van der Waals surface area contributed by atoms with Gasteiger partial charge in [-0.15, -0.1) is 0 Å². The lowest BCUT2D eigenvalue weighted by molar-refractivity contribution is -0.929. The fourth-order valence-corrected chi connectivity index (χ4v) is 3.75. The van der Waals surface area contributed by atoms with Gasteiger partial charge in [0.1, 0.15) is 0 Å². The third-order valence-electron chi connectivity index (χ3n) is 4.14. The minimum Gasteiger partial charge on any atom is -0.790 e. The lowest BCUT2D eigenvalue weighted by Gasteiger charge is -2.39. The van der Waals surface area contributed by atoms with E-state index in [4.69, 9.17) is 0 Å². The highest BCUT2D eigenvalue weighted by molar-refractivity contribution is 7.57. The summed E-state index contributed by atoms with van der Waals surface area (Å²) >= 11 is 0. The molecule has 0 amide bonds. The van der Waals surface area contributed by atoms with E-state index in [-0.39, 0.29) is 0 Å². The van der Waals surface area contributed by atoms with Gasteiger partial charge in [0.15, 0.2) is 0 Å². The average Bonchev–Trinajstić information content (AvgIpc) is 2.50. The Labute approximate surface area is 159 Å². The van der Waals surface area contributed by atoms with E-state index < -0.39 is 15.6 Å². The Morgan fingerprint density at radius 1 is 0.615 bits per heavy atom. The van der Waals surface area contributed by atoms with Gasteiger partial charge in [0.25, 0.3) is 0 Å². The SMILES string of the molecule is CCCC[N+](CCCC)(CCCC)CCCC.O=P([O-])([O-])OP(=O)([O-])[O-]. The topological polar surface area (TPSA) is 136 Å². The van der Waals surface area contributed by atoms with Crippen LogP contribution in [-0.4, -0.2) is 30.7 Å². The highest BCUT2D eigenvalue weighted by Gasteiger charge is 2.24. The van der Waals surface area contributed by atoms with Crippen LogP contribution >= 0.6 is 15.6 Å². The van der Waals surface area contributed by atoms with Gasteiger partial charge in [0.2, 0.25) is 0 Å². The molecule has 10 heteroatoms. The van der Waals surface area contributed by atoms with Gasteiger partial charge >= 0.3 is 0 Å². The van der Waals surface area contributed by atoms with Crippen LogP contribution < -0.4 is 19.6 Å². The lowest BCUT2D eigenvalue weighted by atomic mass is 10.1. The first-order valence-electron chi connectivity index (χ1n) is 9.55. The summed E-state index contributed by atoms with van der Waals surface area (Å²) in [6.07, 6.45) is 11.1. The molecule has 0 unspecified atom stereocenters. The molecule has 0 heterocycles. The molecule has 0 N–H and O–H groups in total. The first kappa shape index (κ1) is 28.4. The highest BCUT2D eigenvalue weighted by atomic mass is 31.3.